The molecule has 38 heavy (non-hydrogen) atoms. The molecular weight excluding hydrogens is 476 g/mol. The van der Waals surface area contributed by atoms with E-state index in [0.717, 1.165) is 28.3 Å². The van der Waals surface area contributed by atoms with Crippen molar-refractivity contribution < 1.29 is 9.90 Å². The summed E-state index contributed by atoms with van der Waals surface area (Å²) in [4.78, 5) is 16.6. The number of carbonyl (C=O) groups excluding carboxylic acids is 1. The van der Waals surface area contributed by atoms with Gasteiger partial charge in [-0.2, -0.15) is 5.10 Å². The van der Waals surface area contributed by atoms with Crippen LogP contribution in [0.3, 0.4) is 0 Å². The van der Waals surface area contributed by atoms with Gasteiger partial charge in [-0.05, 0) is 65.8 Å². The van der Waals surface area contributed by atoms with Crippen LogP contribution in [0.25, 0.3) is 16.9 Å². The molecule has 1 atom stereocenters. The smallest absolute Gasteiger partial charge is 0.237 e. The van der Waals surface area contributed by atoms with Crippen LogP contribution in [0.5, 0.6) is 5.75 Å². The molecule has 0 bridgehead atoms. The highest BCUT2D eigenvalue weighted by Crippen LogP contribution is 2.27. The summed E-state index contributed by atoms with van der Waals surface area (Å²) in [5.41, 5.74) is 11.0. The molecule has 0 aliphatic heterocycles. The van der Waals surface area contributed by atoms with E-state index in [-0.39, 0.29) is 17.1 Å². The number of pyridine rings is 1. The van der Waals surface area contributed by atoms with Gasteiger partial charge in [0.15, 0.2) is 0 Å². The van der Waals surface area contributed by atoms with Crippen molar-refractivity contribution in [3.05, 3.63) is 90.3 Å². The molecule has 8 nitrogen and oxygen atoms in total. The van der Waals surface area contributed by atoms with Gasteiger partial charge >= 0.3 is 0 Å². The van der Waals surface area contributed by atoms with Crippen molar-refractivity contribution in [3.63, 3.8) is 0 Å². The topological polar surface area (TPSA) is 118 Å². The average Bonchev–Trinajstić information content (AvgIpc) is 3.34. The second kappa shape index (κ2) is 11.9. The lowest BCUT2D eigenvalue weighted by Gasteiger charge is -2.19. The lowest BCUT2D eigenvalue weighted by atomic mass is 9.87. The van der Waals surface area contributed by atoms with Crippen LogP contribution in [0.1, 0.15) is 38.3 Å². The fraction of sp³-hybridized carbons (Fsp3) is 0.300. The molecule has 198 valence electrons. The average molecular weight is 513 g/mol. The molecule has 0 spiro atoms. The Morgan fingerprint density at radius 2 is 1.79 bits per heavy atom. The maximum Gasteiger partial charge on any atom is 0.237 e. The number of hydrogen-bond donors (Lipinski definition) is 4. The summed E-state index contributed by atoms with van der Waals surface area (Å²) in [6, 6.07) is 20.4. The van der Waals surface area contributed by atoms with E-state index in [9.17, 15) is 9.90 Å². The molecular formula is C30H36N6O2. The first-order valence-corrected chi connectivity index (χ1v) is 12.9. The van der Waals surface area contributed by atoms with Crippen molar-refractivity contribution in [1.29, 1.82) is 0 Å². The number of aromatic hydroxyl groups is 1. The third kappa shape index (κ3) is 6.98. The molecule has 1 unspecified atom stereocenters. The van der Waals surface area contributed by atoms with E-state index < -0.39 is 6.04 Å². The Hall–Kier alpha value is -4.17. The Balaban J connectivity index is 1.37. The molecule has 0 aliphatic carbocycles. The van der Waals surface area contributed by atoms with Crippen LogP contribution in [0.15, 0.2) is 79.1 Å². The van der Waals surface area contributed by atoms with Crippen LogP contribution in [0, 0.1) is 0 Å². The Bertz CT molecular complexity index is 1330. The molecule has 0 fully saturated rings. The number of nitrogens with one attached hydrogen (secondary N) is 2. The predicted octanol–water partition coefficient (Wildman–Crippen LogP) is 4.43. The number of phenolic OH excluding ortho intramolecular Hbond substituents is 1. The molecule has 4 aromatic rings. The van der Waals surface area contributed by atoms with E-state index >= 15 is 0 Å². The number of nitrogens with zero attached hydrogens (tertiary/aromatic N) is 3. The molecule has 0 saturated heterocycles. The van der Waals surface area contributed by atoms with Crippen molar-refractivity contribution in [1.82, 2.24) is 20.1 Å². The van der Waals surface area contributed by atoms with E-state index in [1.165, 1.54) is 5.56 Å². The van der Waals surface area contributed by atoms with E-state index in [2.05, 4.69) is 60.7 Å². The number of anilines is 1. The van der Waals surface area contributed by atoms with E-state index in [1.807, 2.05) is 22.9 Å². The molecule has 0 aliphatic rings. The summed E-state index contributed by atoms with van der Waals surface area (Å²) in [6.45, 7) is 7.73. The lowest BCUT2D eigenvalue weighted by molar-refractivity contribution is -0.122. The Labute approximate surface area is 223 Å². The Morgan fingerprint density at radius 1 is 1.05 bits per heavy atom. The van der Waals surface area contributed by atoms with Crippen molar-refractivity contribution in [2.75, 3.05) is 18.4 Å². The first-order valence-electron chi connectivity index (χ1n) is 12.9. The molecule has 0 radical (unpaired) electrons. The summed E-state index contributed by atoms with van der Waals surface area (Å²) in [5, 5.41) is 20.6. The molecule has 4 rings (SSSR count). The molecule has 2 aromatic heterocycles. The fourth-order valence-corrected chi connectivity index (χ4v) is 4.09. The number of aromatic nitrogens is 3. The van der Waals surface area contributed by atoms with Gasteiger partial charge in [0, 0.05) is 37.1 Å². The van der Waals surface area contributed by atoms with Gasteiger partial charge in [-0.15, -0.1) is 0 Å². The SMILES string of the molecule is CC(C)(C)c1ccc(-n2nc(-c3cccnc3)cc2NCCCNC(=O)C(N)Cc2ccc(O)cc2)cc1. The van der Waals surface area contributed by atoms with Gasteiger partial charge in [0.2, 0.25) is 5.91 Å². The van der Waals surface area contributed by atoms with Crippen LogP contribution >= 0.6 is 0 Å². The second-order valence-electron chi connectivity index (χ2n) is 10.4. The number of rotatable bonds is 10. The maximum atomic E-state index is 12.4. The highest BCUT2D eigenvalue weighted by molar-refractivity contribution is 5.81. The van der Waals surface area contributed by atoms with Crippen molar-refractivity contribution in [2.24, 2.45) is 5.73 Å². The minimum absolute atomic E-state index is 0.0711. The quantitative estimate of drug-likeness (QED) is 0.234. The van der Waals surface area contributed by atoms with Gasteiger partial charge in [0.25, 0.3) is 0 Å². The summed E-state index contributed by atoms with van der Waals surface area (Å²) >= 11 is 0. The summed E-state index contributed by atoms with van der Waals surface area (Å²) < 4.78 is 1.90. The summed E-state index contributed by atoms with van der Waals surface area (Å²) in [6.07, 6.45) is 4.68. The van der Waals surface area contributed by atoms with Crippen LogP contribution in [0.4, 0.5) is 5.82 Å². The minimum Gasteiger partial charge on any atom is -0.508 e. The van der Waals surface area contributed by atoms with Crippen molar-refractivity contribution in [3.8, 4) is 22.7 Å². The molecule has 2 heterocycles. The number of hydrogen-bond acceptors (Lipinski definition) is 6. The first kappa shape index (κ1) is 26.9. The van der Waals surface area contributed by atoms with Gasteiger partial charge < -0.3 is 21.5 Å². The number of benzene rings is 2. The van der Waals surface area contributed by atoms with Gasteiger partial charge in [0.1, 0.15) is 11.6 Å². The second-order valence-corrected chi connectivity index (χ2v) is 10.4. The zero-order valence-electron chi connectivity index (χ0n) is 22.2. The predicted molar refractivity (Wildman–Crippen MR) is 151 cm³/mol. The maximum absolute atomic E-state index is 12.4. The van der Waals surface area contributed by atoms with Gasteiger partial charge in [-0.1, -0.05) is 45.0 Å². The van der Waals surface area contributed by atoms with Crippen LogP contribution in [-0.2, 0) is 16.6 Å². The van der Waals surface area contributed by atoms with Crippen molar-refractivity contribution in [2.45, 2.75) is 45.1 Å². The molecule has 0 saturated carbocycles. The zero-order valence-corrected chi connectivity index (χ0v) is 22.2. The summed E-state index contributed by atoms with van der Waals surface area (Å²) in [7, 11) is 0. The number of carbonyl (C=O) groups is 1. The molecule has 1 amide bonds. The third-order valence-corrected chi connectivity index (χ3v) is 6.33. The Morgan fingerprint density at radius 3 is 2.45 bits per heavy atom. The van der Waals surface area contributed by atoms with Crippen LogP contribution < -0.4 is 16.4 Å². The van der Waals surface area contributed by atoms with E-state index in [1.54, 1.807) is 36.7 Å². The third-order valence-electron chi connectivity index (χ3n) is 6.33. The number of nitrogens with two attached hydrogens (primary N) is 1. The molecule has 8 heteroatoms. The number of amides is 1. The molecule has 2 aromatic carbocycles. The lowest BCUT2D eigenvalue weighted by Crippen LogP contribution is -2.42. The van der Waals surface area contributed by atoms with Gasteiger partial charge in [-0.3, -0.25) is 9.78 Å². The fourth-order valence-electron chi connectivity index (χ4n) is 4.09. The summed E-state index contributed by atoms with van der Waals surface area (Å²) in [5.74, 6) is 0.860. The number of phenols is 1. The van der Waals surface area contributed by atoms with Crippen LogP contribution in [-0.4, -0.2) is 44.9 Å². The van der Waals surface area contributed by atoms with Gasteiger partial charge in [-0.25, -0.2) is 4.68 Å². The monoisotopic (exact) mass is 512 g/mol. The molecule has 5 N–H and O–H groups in total. The first-order chi connectivity index (χ1) is 18.2. The van der Waals surface area contributed by atoms with E-state index in [0.29, 0.717) is 25.9 Å². The Kier molecular flexibility index (Phi) is 8.43. The van der Waals surface area contributed by atoms with E-state index in [4.69, 9.17) is 10.8 Å². The normalized spacial score (nSPS) is 12.2. The highest BCUT2D eigenvalue weighted by Gasteiger charge is 2.16. The van der Waals surface area contributed by atoms with Gasteiger partial charge in [0.05, 0.1) is 17.4 Å². The standard InChI is InChI=1S/C30H36N6O2/c1-30(2,3)23-9-11-24(12-10-23)36-28(19-27(35-36)22-6-4-15-32-20-22)33-16-5-17-34-29(38)26(31)18-21-7-13-25(37)14-8-21/h4,6-15,19-20,26,33,37H,5,16-18,31H2,1-3H3,(H,34,38). The largest absolute Gasteiger partial charge is 0.508 e. The van der Waals surface area contributed by atoms with Crippen molar-refractivity contribution >= 4 is 11.7 Å². The minimum atomic E-state index is -0.646. The van der Waals surface area contributed by atoms with Crippen LogP contribution in [0.2, 0.25) is 0 Å². The zero-order chi connectivity index (χ0) is 27.1. The highest BCUT2D eigenvalue weighted by atomic mass is 16.3.